The lowest BCUT2D eigenvalue weighted by Gasteiger charge is -2.26. The van der Waals surface area contributed by atoms with Gasteiger partial charge in [-0.2, -0.15) is 0 Å². The highest BCUT2D eigenvalue weighted by Crippen LogP contribution is 2.27. The molecule has 40 heavy (non-hydrogen) atoms. The van der Waals surface area contributed by atoms with E-state index < -0.39 is 24.0 Å². The van der Waals surface area contributed by atoms with Crippen LogP contribution in [0.5, 0.6) is 5.75 Å². The minimum absolute atomic E-state index is 0.0281. The number of methoxy groups -OCH3 is 1. The summed E-state index contributed by atoms with van der Waals surface area (Å²) in [5.74, 6) is -0.997. The number of amides is 3. The van der Waals surface area contributed by atoms with E-state index >= 15 is 0 Å². The molecule has 1 heterocycles. The van der Waals surface area contributed by atoms with Crippen LogP contribution in [0, 0.1) is 5.92 Å². The van der Waals surface area contributed by atoms with Crippen molar-refractivity contribution >= 4 is 35.3 Å². The average Bonchev–Trinajstić information content (AvgIpc) is 3.43. The highest BCUT2D eigenvalue weighted by atomic mass is 35.5. The molecule has 2 aliphatic rings. The molecule has 0 radical (unpaired) electrons. The summed E-state index contributed by atoms with van der Waals surface area (Å²) >= 11 is 6.23. The van der Waals surface area contributed by atoms with E-state index in [4.69, 9.17) is 21.2 Å². The predicted octanol–water partition coefficient (Wildman–Crippen LogP) is 4.77. The van der Waals surface area contributed by atoms with Crippen LogP contribution in [0.1, 0.15) is 66.6 Å². The second-order valence-electron chi connectivity index (χ2n) is 10.0. The van der Waals surface area contributed by atoms with Gasteiger partial charge in [0.15, 0.2) is 5.84 Å². The summed E-state index contributed by atoms with van der Waals surface area (Å²) in [5, 5.41) is 20.2. The van der Waals surface area contributed by atoms with Crippen LogP contribution in [-0.2, 0) is 16.1 Å². The molecular weight excluding hydrogens is 536 g/mol. The van der Waals surface area contributed by atoms with Crippen LogP contribution in [0.4, 0.5) is 4.79 Å². The van der Waals surface area contributed by atoms with E-state index in [0.29, 0.717) is 29.4 Å². The molecule has 4 rings (SSSR count). The maximum absolute atomic E-state index is 13.8. The Bertz CT molecular complexity index is 1250. The third-order valence-corrected chi connectivity index (χ3v) is 7.54. The Morgan fingerprint density at radius 2 is 1.93 bits per heavy atom. The van der Waals surface area contributed by atoms with Crippen LogP contribution in [0.3, 0.4) is 0 Å². The smallest absolute Gasteiger partial charge is 0.335 e. The molecule has 1 unspecified atom stereocenters. The number of benzene rings is 2. The number of amidine groups is 1. The number of aromatic carboxylic acids is 1. The number of hydrogen-bond acceptors (Lipinski definition) is 6. The number of ether oxygens (including phenoxy) is 1. The number of carbonyl (C=O) groups is 3. The molecule has 3 amide bonds. The summed E-state index contributed by atoms with van der Waals surface area (Å²) in [4.78, 5) is 45.5. The van der Waals surface area contributed by atoms with E-state index in [1.54, 1.807) is 37.4 Å². The maximum atomic E-state index is 13.8. The Balaban J connectivity index is 1.57. The molecule has 2 aromatic carbocycles. The topological polar surface area (TPSA) is 130 Å². The third-order valence-electron chi connectivity index (χ3n) is 7.31. The second-order valence-corrected chi connectivity index (χ2v) is 10.5. The molecule has 2 atom stereocenters. The summed E-state index contributed by atoms with van der Waals surface area (Å²) in [7, 11) is 1.55. The lowest BCUT2D eigenvalue weighted by Crippen LogP contribution is -2.48. The van der Waals surface area contributed by atoms with E-state index in [2.05, 4.69) is 15.8 Å². The van der Waals surface area contributed by atoms with Crippen molar-refractivity contribution in [1.82, 2.24) is 15.5 Å². The summed E-state index contributed by atoms with van der Waals surface area (Å²) in [6.45, 7) is 2.08. The number of rotatable bonds is 9. The lowest BCUT2D eigenvalue weighted by molar-refractivity contribution is -0.131. The van der Waals surface area contributed by atoms with Gasteiger partial charge in [-0.15, -0.1) is 0 Å². The zero-order chi connectivity index (χ0) is 28.6. The molecule has 0 aromatic heterocycles. The summed E-state index contributed by atoms with van der Waals surface area (Å²) in [6.07, 6.45) is 4.89. The standard InChI is InChI=1S/C29H35ClN4O6/c1-3-24(18-8-10-19(11-9-18)28(36)37)32-29(38)34-17-26(33-40-23-6-4-5-7-23)31-16-21(27(34)35)14-20-15-22(30)12-13-25(20)39-2/h8-13,15,21,23-24H,3-7,14,16-17H2,1-2H3,(H,31,33)(H,32,38)(H,36,37)/t21-,24?/m1/s1. The van der Waals surface area contributed by atoms with Crippen molar-refractivity contribution in [1.29, 1.82) is 0 Å². The number of oxime groups is 1. The first kappa shape index (κ1) is 29.2. The summed E-state index contributed by atoms with van der Waals surface area (Å²) in [5.41, 5.74) is 1.64. The third kappa shape index (κ3) is 7.24. The van der Waals surface area contributed by atoms with E-state index in [1.807, 2.05) is 6.92 Å². The first-order chi connectivity index (χ1) is 19.3. The van der Waals surface area contributed by atoms with Gasteiger partial charge in [-0.3, -0.25) is 9.69 Å². The van der Waals surface area contributed by atoms with Gasteiger partial charge in [0.25, 0.3) is 0 Å². The van der Waals surface area contributed by atoms with Crippen molar-refractivity contribution in [3.05, 3.63) is 64.2 Å². The number of carbonyl (C=O) groups excluding carboxylic acids is 2. The van der Waals surface area contributed by atoms with E-state index in [9.17, 15) is 19.5 Å². The molecular formula is C29H35ClN4O6. The zero-order valence-corrected chi connectivity index (χ0v) is 23.4. The number of carboxylic acid groups (broad SMARTS) is 1. The largest absolute Gasteiger partial charge is 0.496 e. The Kier molecular flexibility index (Phi) is 9.87. The van der Waals surface area contributed by atoms with Gasteiger partial charge in [0.2, 0.25) is 5.91 Å². The Morgan fingerprint density at radius 1 is 1.20 bits per heavy atom. The van der Waals surface area contributed by atoms with Gasteiger partial charge in [-0.25, -0.2) is 9.59 Å². The van der Waals surface area contributed by atoms with E-state index in [0.717, 1.165) is 41.7 Å². The van der Waals surface area contributed by atoms with Crippen molar-refractivity contribution in [3.8, 4) is 5.75 Å². The van der Waals surface area contributed by atoms with Crippen molar-refractivity contribution in [2.75, 3.05) is 20.2 Å². The van der Waals surface area contributed by atoms with Gasteiger partial charge in [0.05, 0.1) is 31.2 Å². The number of carboxylic acids is 1. The van der Waals surface area contributed by atoms with Gasteiger partial charge >= 0.3 is 12.0 Å². The molecule has 1 aliphatic carbocycles. The molecule has 214 valence electrons. The van der Waals surface area contributed by atoms with Crippen LogP contribution < -0.4 is 15.4 Å². The number of hydrogen-bond donors (Lipinski definition) is 3. The van der Waals surface area contributed by atoms with Crippen LogP contribution in [0.2, 0.25) is 5.02 Å². The number of halogens is 1. The molecule has 0 bridgehead atoms. The fraction of sp³-hybridized carbons (Fsp3) is 0.448. The highest BCUT2D eigenvalue weighted by Gasteiger charge is 2.35. The number of urea groups is 1. The number of nitrogens with one attached hydrogen (secondary N) is 2. The molecule has 2 aromatic rings. The fourth-order valence-corrected chi connectivity index (χ4v) is 5.23. The Morgan fingerprint density at radius 3 is 2.58 bits per heavy atom. The molecule has 11 heteroatoms. The van der Waals surface area contributed by atoms with Gasteiger partial charge < -0.3 is 25.3 Å². The first-order valence-electron chi connectivity index (χ1n) is 13.5. The first-order valence-corrected chi connectivity index (χ1v) is 13.9. The van der Waals surface area contributed by atoms with Gasteiger partial charge in [-0.05, 0) is 80.0 Å². The fourth-order valence-electron chi connectivity index (χ4n) is 5.03. The Hall–Kier alpha value is -3.79. The quantitative estimate of drug-likeness (QED) is 0.370. The predicted molar refractivity (Wildman–Crippen MR) is 151 cm³/mol. The monoisotopic (exact) mass is 570 g/mol. The van der Waals surface area contributed by atoms with Crippen molar-refractivity contribution in [3.63, 3.8) is 0 Å². The number of nitrogens with zero attached hydrogens (tertiary/aromatic N) is 2. The van der Waals surface area contributed by atoms with E-state index in [1.165, 1.54) is 12.1 Å². The molecule has 3 N–H and O–H groups in total. The molecule has 10 nitrogen and oxygen atoms in total. The zero-order valence-electron chi connectivity index (χ0n) is 22.7. The molecule has 0 spiro atoms. The lowest BCUT2D eigenvalue weighted by atomic mass is 9.97. The molecule has 1 saturated heterocycles. The van der Waals surface area contributed by atoms with Gasteiger partial charge in [0, 0.05) is 11.6 Å². The molecule has 2 fully saturated rings. The normalized spacial score (nSPS) is 19.6. The van der Waals surface area contributed by atoms with Crippen molar-refractivity contribution in [2.45, 2.75) is 57.6 Å². The maximum Gasteiger partial charge on any atom is 0.335 e. The van der Waals surface area contributed by atoms with Crippen LogP contribution >= 0.6 is 11.6 Å². The van der Waals surface area contributed by atoms with Crippen LogP contribution in [0.15, 0.2) is 47.6 Å². The summed E-state index contributed by atoms with van der Waals surface area (Å²) < 4.78 is 5.47. The average molecular weight is 571 g/mol. The van der Waals surface area contributed by atoms with Gasteiger partial charge in [-0.1, -0.05) is 35.8 Å². The van der Waals surface area contributed by atoms with Crippen LogP contribution in [0.25, 0.3) is 0 Å². The van der Waals surface area contributed by atoms with Gasteiger partial charge in [0.1, 0.15) is 11.9 Å². The number of imide groups is 1. The van der Waals surface area contributed by atoms with Crippen LogP contribution in [-0.4, -0.2) is 60.1 Å². The van der Waals surface area contributed by atoms with E-state index in [-0.39, 0.29) is 30.7 Å². The SMILES string of the molecule is CCC(NC(=O)N1C/C(=N/OC2CCCC2)NC[C@@H](Cc2cc(Cl)ccc2OC)C1=O)c1ccc(C(=O)O)cc1. The highest BCUT2D eigenvalue weighted by molar-refractivity contribution is 6.30. The summed E-state index contributed by atoms with van der Waals surface area (Å²) in [6, 6.07) is 10.5. The minimum Gasteiger partial charge on any atom is -0.496 e. The second kappa shape index (κ2) is 13.5. The van der Waals surface area contributed by atoms with Crippen molar-refractivity contribution < 1.29 is 29.1 Å². The molecule has 1 aliphatic heterocycles. The Labute approximate surface area is 238 Å². The molecule has 1 saturated carbocycles. The van der Waals surface area contributed by atoms with Crippen molar-refractivity contribution in [2.24, 2.45) is 11.1 Å². The minimum atomic E-state index is -1.03.